The van der Waals surface area contributed by atoms with Crippen molar-refractivity contribution in [2.45, 2.75) is 72.6 Å². The first kappa shape index (κ1) is 26.8. The van der Waals surface area contributed by atoms with Crippen molar-refractivity contribution in [3.63, 3.8) is 0 Å². The Morgan fingerprint density at radius 3 is 2.43 bits per heavy atom. The molecule has 0 N–H and O–H groups in total. The van der Waals surface area contributed by atoms with Crippen LogP contribution in [-0.2, 0) is 6.42 Å². The van der Waals surface area contributed by atoms with Crippen LogP contribution in [0.5, 0.6) is 0 Å². The van der Waals surface area contributed by atoms with Gasteiger partial charge in [-0.25, -0.2) is 0 Å². The van der Waals surface area contributed by atoms with E-state index >= 15 is 0 Å². The maximum atomic E-state index is 5.53. The van der Waals surface area contributed by atoms with Crippen molar-refractivity contribution in [3.8, 4) is 12.3 Å². The molecule has 184 valence electrons. The predicted octanol–water partition coefficient (Wildman–Crippen LogP) is 9.88. The summed E-state index contributed by atoms with van der Waals surface area (Å²) in [7, 11) is 0. The summed E-state index contributed by atoms with van der Waals surface area (Å²) in [4.78, 5) is 0. The van der Waals surface area contributed by atoms with Crippen LogP contribution in [0.15, 0.2) is 90.1 Å². The van der Waals surface area contributed by atoms with Gasteiger partial charge in [-0.2, -0.15) is 0 Å². The topological polar surface area (TPSA) is 0 Å². The van der Waals surface area contributed by atoms with E-state index in [0.717, 1.165) is 44.1 Å². The third kappa shape index (κ3) is 6.67. The molecule has 1 aliphatic rings. The smallest absolute Gasteiger partial charge is 0.00168 e. The Balaban J connectivity index is 1.94. The third-order valence-corrected chi connectivity index (χ3v) is 7.96. The summed E-state index contributed by atoms with van der Waals surface area (Å²) >= 11 is 0. The van der Waals surface area contributed by atoms with Gasteiger partial charge in [0, 0.05) is 5.92 Å². The molecule has 3 rings (SSSR count). The summed E-state index contributed by atoms with van der Waals surface area (Å²) in [6.07, 6.45) is 13.1. The quantitative estimate of drug-likeness (QED) is 0.186. The number of unbranched alkanes of at least 4 members (excludes halogenated alkanes) is 1. The van der Waals surface area contributed by atoms with E-state index < -0.39 is 0 Å². The largest absolute Gasteiger partial charge is 0.115 e. The molecule has 0 aliphatic heterocycles. The van der Waals surface area contributed by atoms with Crippen LogP contribution in [-0.4, -0.2) is 0 Å². The van der Waals surface area contributed by atoms with Crippen molar-refractivity contribution >= 4 is 10.8 Å². The van der Waals surface area contributed by atoms with Crippen LogP contribution in [0.25, 0.3) is 10.8 Å². The highest BCUT2D eigenvalue weighted by Crippen LogP contribution is 2.45. The van der Waals surface area contributed by atoms with Crippen molar-refractivity contribution in [2.24, 2.45) is 23.7 Å². The highest BCUT2D eigenvalue weighted by Gasteiger charge is 2.31. The summed E-state index contributed by atoms with van der Waals surface area (Å²) in [6, 6.07) is 15.5. The zero-order valence-electron chi connectivity index (χ0n) is 22.5. The molecule has 0 aromatic heterocycles. The monoisotopic (exact) mass is 464 g/mol. The first-order valence-electron chi connectivity index (χ1n) is 13.4. The number of hydrogen-bond donors (Lipinski definition) is 0. The normalized spacial score (nSPS) is 20.7. The van der Waals surface area contributed by atoms with Gasteiger partial charge in [0.05, 0.1) is 0 Å². The Hall–Kier alpha value is -2.78. The average molecular weight is 465 g/mol. The summed E-state index contributed by atoms with van der Waals surface area (Å²) in [5.74, 6) is 4.73. The number of fused-ring (bicyclic) bond motifs is 1. The second-order valence-corrected chi connectivity index (χ2v) is 11.1. The molecular weight excluding hydrogens is 420 g/mol. The van der Waals surface area contributed by atoms with Crippen LogP contribution in [0.4, 0.5) is 0 Å². The molecule has 2 aromatic rings. The van der Waals surface area contributed by atoms with E-state index in [9.17, 15) is 0 Å². The lowest BCUT2D eigenvalue weighted by molar-refractivity contribution is 0.411. The molecule has 3 unspecified atom stereocenters. The first-order valence-corrected chi connectivity index (χ1v) is 13.4. The molecule has 3 atom stereocenters. The minimum atomic E-state index is 0.350. The molecule has 0 radical (unpaired) electrons. The van der Waals surface area contributed by atoms with E-state index in [1.807, 2.05) is 0 Å². The molecule has 0 heterocycles. The van der Waals surface area contributed by atoms with Crippen LogP contribution < -0.4 is 0 Å². The molecular formula is C35H44. The lowest BCUT2D eigenvalue weighted by Gasteiger charge is -2.37. The van der Waals surface area contributed by atoms with E-state index in [2.05, 4.69) is 95.8 Å². The Bertz CT molecular complexity index is 1140. The number of terminal acetylenes is 1. The van der Waals surface area contributed by atoms with Crippen molar-refractivity contribution in [1.29, 1.82) is 0 Å². The second kappa shape index (κ2) is 12.3. The van der Waals surface area contributed by atoms with Gasteiger partial charge in [0.1, 0.15) is 0 Å². The molecule has 1 aliphatic carbocycles. The molecule has 0 amide bonds. The van der Waals surface area contributed by atoms with Crippen LogP contribution in [0.2, 0.25) is 0 Å². The fourth-order valence-electron chi connectivity index (χ4n) is 5.83. The molecule has 1 saturated carbocycles. The molecule has 0 heteroatoms. The highest BCUT2D eigenvalue weighted by molar-refractivity contribution is 5.85. The summed E-state index contributed by atoms with van der Waals surface area (Å²) < 4.78 is 0. The van der Waals surface area contributed by atoms with Gasteiger partial charge >= 0.3 is 0 Å². The number of benzene rings is 2. The third-order valence-electron chi connectivity index (χ3n) is 7.96. The lowest BCUT2D eigenvalue weighted by Crippen LogP contribution is -2.24. The van der Waals surface area contributed by atoms with Gasteiger partial charge in [-0.3, -0.25) is 0 Å². The van der Waals surface area contributed by atoms with Gasteiger partial charge in [0.25, 0.3) is 0 Å². The zero-order valence-corrected chi connectivity index (χ0v) is 22.5. The SMILES string of the molecule is C#CC(=C)CCCC/C(=C1/CC(CC(C)C)C(=C)C(C)C1=C)C(C)Cc1cccc2ccccc12. The average Bonchev–Trinajstić information content (AvgIpc) is 2.84. The van der Waals surface area contributed by atoms with Crippen LogP contribution in [0.3, 0.4) is 0 Å². The van der Waals surface area contributed by atoms with Gasteiger partial charge < -0.3 is 0 Å². The van der Waals surface area contributed by atoms with Crippen LogP contribution in [0.1, 0.15) is 71.8 Å². The van der Waals surface area contributed by atoms with Crippen molar-refractivity contribution in [2.75, 3.05) is 0 Å². The molecule has 0 saturated heterocycles. The number of hydrogen-bond acceptors (Lipinski definition) is 0. The van der Waals surface area contributed by atoms with E-state index in [-0.39, 0.29) is 0 Å². The summed E-state index contributed by atoms with van der Waals surface area (Å²) in [5, 5.41) is 2.70. The fraction of sp³-hybridized carbons (Fsp3) is 0.429. The maximum absolute atomic E-state index is 5.53. The molecule has 0 nitrogen and oxygen atoms in total. The van der Waals surface area contributed by atoms with Gasteiger partial charge in [-0.05, 0) is 95.8 Å². The zero-order chi connectivity index (χ0) is 25.5. The summed E-state index contributed by atoms with van der Waals surface area (Å²) in [5.41, 5.74) is 8.14. The van der Waals surface area contributed by atoms with Gasteiger partial charge in [0.15, 0.2) is 0 Å². The number of rotatable bonds is 10. The van der Waals surface area contributed by atoms with E-state index in [1.54, 1.807) is 5.57 Å². The Morgan fingerprint density at radius 1 is 1.03 bits per heavy atom. The molecule has 0 spiro atoms. The Morgan fingerprint density at radius 2 is 1.71 bits per heavy atom. The second-order valence-electron chi connectivity index (χ2n) is 11.1. The molecule has 1 fully saturated rings. The van der Waals surface area contributed by atoms with E-state index in [4.69, 9.17) is 6.42 Å². The summed E-state index contributed by atoms with van der Waals surface area (Å²) in [6.45, 7) is 22.5. The first-order chi connectivity index (χ1) is 16.7. The van der Waals surface area contributed by atoms with Crippen LogP contribution in [0, 0.1) is 36.0 Å². The van der Waals surface area contributed by atoms with Crippen LogP contribution >= 0.6 is 0 Å². The highest BCUT2D eigenvalue weighted by atomic mass is 14.4. The van der Waals surface area contributed by atoms with E-state index in [0.29, 0.717) is 23.7 Å². The minimum absolute atomic E-state index is 0.350. The Kier molecular flexibility index (Phi) is 9.40. The van der Waals surface area contributed by atoms with Crippen molar-refractivity contribution < 1.29 is 0 Å². The van der Waals surface area contributed by atoms with Gasteiger partial charge in [0.2, 0.25) is 0 Å². The van der Waals surface area contributed by atoms with Gasteiger partial charge in [-0.15, -0.1) is 6.42 Å². The molecule has 35 heavy (non-hydrogen) atoms. The lowest BCUT2D eigenvalue weighted by atomic mass is 9.68. The minimum Gasteiger partial charge on any atom is -0.115 e. The Labute approximate surface area is 214 Å². The maximum Gasteiger partial charge on any atom is 0.00168 e. The number of allylic oxidation sites excluding steroid dienone is 5. The standard InChI is InChI=1S/C35H44/c1-9-25(4)15-10-12-19-33(35-23-32(21-24(2)3)28(7)27(6)29(35)8)26(5)22-31-18-14-17-30-16-11-13-20-34(30)31/h1,11,13-14,16-18,20,24,26-27,32H,4,7-8,10,12,15,19,21-23H2,2-3,5-6H3/b35-33+. The van der Waals surface area contributed by atoms with Gasteiger partial charge in [-0.1, -0.05) is 107 Å². The molecule has 0 bridgehead atoms. The molecule has 2 aromatic carbocycles. The van der Waals surface area contributed by atoms with Crippen molar-refractivity contribution in [1.82, 2.24) is 0 Å². The predicted molar refractivity (Wildman–Crippen MR) is 155 cm³/mol. The van der Waals surface area contributed by atoms with E-state index in [1.165, 1.54) is 39.5 Å². The van der Waals surface area contributed by atoms with Crippen molar-refractivity contribution in [3.05, 3.63) is 95.6 Å². The fourth-order valence-corrected chi connectivity index (χ4v) is 5.83.